The normalized spacial score (nSPS) is 14.6. The number of carbonyl (C=O) groups excluding carboxylic acids is 4. The summed E-state index contributed by atoms with van der Waals surface area (Å²) in [6, 6.07) is 19.2. The molecule has 1 aliphatic rings. The van der Waals surface area contributed by atoms with Crippen molar-refractivity contribution in [2.45, 2.75) is 0 Å². The maximum Gasteiger partial charge on any atom is 0.335 e. The van der Waals surface area contributed by atoms with E-state index in [1.165, 1.54) is 18.2 Å². The molecule has 1 heterocycles. The third-order valence-corrected chi connectivity index (χ3v) is 5.82. The second-order valence-electron chi connectivity index (χ2n) is 7.30. The van der Waals surface area contributed by atoms with E-state index in [1.807, 2.05) is 6.07 Å². The molecule has 1 fully saturated rings. The molecule has 1 aliphatic heterocycles. The summed E-state index contributed by atoms with van der Waals surface area (Å²) >= 11 is 9.51. The SMILES string of the molecule is O=C(COc1ccc(/C=C2\C(=O)NC(=O)N(c3ccccc3Cl)C2=O)cc1Br)Nc1ccccc1. The Morgan fingerprint density at radius 1 is 1.03 bits per heavy atom. The molecule has 0 aliphatic carbocycles. The first-order chi connectivity index (χ1) is 16.8. The minimum absolute atomic E-state index is 0.161. The molecule has 0 unspecified atom stereocenters. The molecule has 4 rings (SSSR count). The Kier molecular flexibility index (Phi) is 7.28. The molecule has 2 N–H and O–H groups in total. The quantitative estimate of drug-likeness (QED) is 0.337. The number of urea groups is 1. The summed E-state index contributed by atoms with van der Waals surface area (Å²) < 4.78 is 6.07. The lowest BCUT2D eigenvalue weighted by Gasteiger charge is -2.27. The van der Waals surface area contributed by atoms with E-state index in [4.69, 9.17) is 16.3 Å². The molecule has 35 heavy (non-hydrogen) atoms. The smallest absolute Gasteiger partial charge is 0.335 e. The van der Waals surface area contributed by atoms with Gasteiger partial charge in [0.15, 0.2) is 6.61 Å². The van der Waals surface area contributed by atoms with Crippen LogP contribution in [0.4, 0.5) is 16.2 Å². The molecule has 1 saturated heterocycles. The fourth-order valence-electron chi connectivity index (χ4n) is 3.26. The van der Waals surface area contributed by atoms with E-state index in [2.05, 4.69) is 26.6 Å². The maximum absolute atomic E-state index is 13.0. The highest BCUT2D eigenvalue weighted by molar-refractivity contribution is 9.10. The van der Waals surface area contributed by atoms with Crippen LogP contribution in [0.15, 0.2) is 82.8 Å². The second kappa shape index (κ2) is 10.5. The van der Waals surface area contributed by atoms with Crippen molar-refractivity contribution in [2.75, 3.05) is 16.8 Å². The monoisotopic (exact) mass is 553 g/mol. The summed E-state index contributed by atoms with van der Waals surface area (Å²) in [5.74, 6) is -1.57. The first-order valence-corrected chi connectivity index (χ1v) is 11.4. The van der Waals surface area contributed by atoms with E-state index >= 15 is 0 Å². The summed E-state index contributed by atoms with van der Waals surface area (Å²) in [6.07, 6.45) is 1.35. The van der Waals surface area contributed by atoms with Gasteiger partial charge in [0, 0.05) is 5.69 Å². The van der Waals surface area contributed by atoms with Crippen LogP contribution in [0.25, 0.3) is 6.08 Å². The lowest BCUT2D eigenvalue weighted by Crippen LogP contribution is -2.54. The van der Waals surface area contributed by atoms with Crippen molar-refractivity contribution < 1.29 is 23.9 Å². The number of anilines is 2. The van der Waals surface area contributed by atoms with Crippen molar-refractivity contribution in [2.24, 2.45) is 0 Å². The van der Waals surface area contributed by atoms with Crippen LogP contribution >= 0.6 is 27.5 Å². The van der Waals surface area contributed by atoms with E-state index in [0.717, 1.165) is 4.90 Å². The third-order valence-electron chi connectivity index (χ3n) is 4.88. The number of carbonyl (C=O) groups is 4. The van der Waals surface area contributed by atoms with Gasteiger partial charge in [-0.3, -0.25) is 19.7 Å². The van der Waals surface area contributed by atoms with Crippen LogP contribution in [-0.2, 0) is 14.4 Å². The number of nitrogens with zero attached hydrogens (tertiary/aromatic N) is 1. The van der Waals surface area contributed by atoms with Crippen molar-refractivity contribution in [3.63, 3.8) is 0 Å². The van der Waals surface area contributed by atoms with E-state index in [0.29, 0.717) is 21.5 Å². The predicted octanol–water partition coefficient (Wildman–Crippen LogP) is 4.79. The molecule has 3 aromatic carbocycles. The summed E-state index contributed by atoms with van der Waals surface area (Å²) in [6.45, 7) is -0.219. The highest BCUT2D eigenvalue weighted by Gasteiger charge is 2.37. The van der Waals surface area contributed by atoms with Gasteiger partial charge in [-0.25, -0.2) is 9.69 Å². The molecule has 8 nitrogen and oxygen atoms in total. The van der Waals surface area contributed by atoms with Crippen molar-refractivity contribution in [3.05, 3.63) is 93.4 Å². The van der Waals surface area contributed by atoms with E-state index in [1.54, 1.807) is 54.6 Å². The van der Waals surface area contributed by atoms with Crippen LogP contribution in [0.1, 0.15) is 5.56 Å². The molecular weight excluding hydrogens is 538 g/mol. The molecule has 0 saturated carbocycles. The average Bonchev–Trinajstić information content (AvgIpc) is 2.83. The van der Waals surface area contributed by atoms with Crippen molar-refractivity contribution in [1.29, 1.82) is 0 Å². The van der Waals surface area contributed by atoms with Gasteiger partial charge in [0.2, 0.25) is 0 Å². The van der Waals surface area contributed by atoms with Crippen LogP contribution in [0, 0.1) is 0 Å². The third kappa shape index (κ3) is 5.59. The number of para-hydroxylation sites is 2. The number of hydrogen-bond acceptors (Lipinski definition) is 5. The van der Waals surface area contributed by atoms with Gasteiger partial charge in [-0.05, 0) is 64.0 Å². The Morgan fingerprint density at radius 3 is 2.46 bits per heavy atom. The van der Waals surface area contributed by atoms with Gasteiger partial charge in [-0.2, -0.15) is 0 Å². The molecule has 0 aromatic heterocycles. The number of rotatable bonds is 6. The van der Waals surface area contributed by atoms with Crippen LogP contribution < -0.4 is 20.3 Å². The largest absolute Gasteiger partial charge is 0.483 e. The molecule has 0 bridgehead atoms. The minimum atomic E-state index is -0.885. The maximum atomic E-state index is 13.0. The molecule has 0 radical (unpaired) electrons. The van der Waals surface area contributed by atoms with Crippen molar-refractivity contribution >= 4 is 68.7 Å². The van der Waals surface area contributed by atoms with Gasteiger partial charge in [0.1, 0.15) is 11.3 Å². The Morgan fingerprint density at radius 2 is 1.74 bits per heavy atom. The number of benzene rings is 3. The molecule has 5 amide bonds. The highest BCUT2D eigenvalue weighted by atomic mass is 79.9. The van der Waals surface area contributed by atoms with Crippen molar-refractivity contribution in [1.82, 2.24) is 5.32 Å². The summed E-state index contributed by atoms with van der Waals surface area (Å²) in [7, 11) is 0. The van der Waals surface area contributed by atoms with Crippen LogP contribution in [0.5, 0.6) is 5.75 Å². The summed E-state index contributed by atoms with van der Waals surface area (Å²) in [5.41, 5.74) is 1.06. The van der Waals surface area contributed by atoms with Gasteiger partial charge in [-0.15, -0.1) is 0 Å². The molecule has 176 valence electrons. The first-order valence-electron chi connectivity index (χ1n) is 10.3. The average molecular weight is 555 g/mol. The van der Waals surface area contributed by atoms with Gasteiger partial charge >= 0.3 is 6.03 Å². The molecule has 0 spiro atoms. The number of nitrogens with one attached hydrogen (secondary N) is 2. The zero-order valence-corrected chi connectivity index (χ0v) is 20.3. The van der Waals surface area contributed by atoms with E-state index in [-0.39, 0.29) is 28.8 Å². The first kappa shape index (κ1) is 24.2. The molecular formula is C25H17BrClN3O5. The van der Waals surface area contributed by atoms with Gasteiger partial charge in [0.25, 0.3) is 17.7 Å². The number of imide groups is 2. The van der Waals surface area contributed by atoms with Crippen LogP contribution in [0.3, 0.4) is 0 Å². The Balaban J connectivity index is 1.50. The summed E-state index contributed by atoms with van der Waals surface area (Å²) in [4.78, 5) is 50.7. The highest BCUT2D eigenvalue weighted by Crippen LogP contribution is 2.30. The second-order valence-corrected chi connectivity index (χ2v) is 8.56. The Hall–Kier alpha value is -3.95. The number of halogens is 2. The van der Waals surface area contributed by atoms with Gasteiger partial charge in [-0.1, -0.05) is 48.0 Å². The number of ether oxygens (including phenoxy) is 1. The molecule has 0 atom stereocenters. The lowest BCUT2D eigenvalue weighted by atomic mass is 10.1. The fraction of sp³-hybridized carbons (Fsp3) is 0.0400. The summed E-state index contributed by atoms with van der Waals surface area (Å²) in [5, 5.41) is 5.06. The van der Waals surface area contributed by atoms with Crippen LogP contribution in [0.2, 0.25) is 5.02 Å². The predicted molar refractivity (Wildman–Crippen MR) is 135 cm³/mol. The fourth-order valence-corrected chi connectivity index (χ4v) is 3.99. The van der Waals surface area contributed by atoms with Gasteiger partial charge < -0.3 is 10.1 Å². The Bertz CT molecular complexity index is 1360. The number of hydrogen-bond donors (Lipinski definition) is 2. The molecule has 10 heteroatoms. The lowest BCUT2D eigenvalue weighted by molar-refractivity contribution is -0.122. The zero-order valence-electron chi connectivity index (χ0n) is 18.0. The molecule has 3 aromatic rings. The standard InChI is InChI=1S/C25H17BrClN3O5/c26-18-13-15(10-11-21(18)35-14-22(31)28-16-6-2-1-3-7-16)12-17-23(32)29-25(34)30(24(17)33)20-9-5-4-8-19(20)27/h1-13H,14H2,(H,28,31)(H,29,32,34)/b17-12+. The van der Waals surface area contributed by atoms with E-state index in [9.17, 15) is 19.2 Å². The number of barbiturate groups is 1. The van der Waals surface area contributed by atoms with Crippen molar-refractivity contribution in [3.8, 4) is 5.75 Å². The number of amides is 5. The topological polar surface area (TPSA) is 105 Å². The van der Waals surface area contributed by atoms with E-state index < -0.39 is 17.8 Å². The van der Waals surface area contributed by atoms with Gasteiger partial charge in [0.05, 0.1) is 15.2 Å². The van der Waals surface area contributed by atoms with Crippen LogP contribution in [-0.4, -0.2) is 30.4 Å². The minimum Gasteiger partial charge on any atom is -0.483 e. The zero-order chi connectivity index (χ0) is 24.9. The Labute approximate surface area is 213 Å².